The van der Waals surface area contributed by atoms with Gasteiger partial charge in [-0.25, -0.2) is 27.2 Å². The highest BCUT2D eigenvalue weighted by atomic mass is 32.2. The molecule has 9 nitrogen and oxygen atoms in total. The van der Waals surface area contributed by atoms with E-state index in [1.165, 1.54) is 13.0 Å². The lowest BCUT2D eigenvalue weighted by Gasteiger charge is -2.23. The summed E-state index contributed by atoms with van der Waals surface area (Å²) in [6, 6.07) is 3.42. The van der Waals surface area contributed by atoms with Crippen LogP contribution in [-0.2, 0) is 14.8 Å². The van der Waals surface area contributed by atoms with Gasteiger partial charge in [0.1, 0.15) is 29.0 Å². The topological polar surface area (TPSA) is 112 Å². The Hall–Kier alpha value is -2.99. The molecule has 1 N–H and O–H groups in total. The monoisotopic (exact) mass is 492 g/mol. The molecule has 0 spiro atoms. The van der Waals surface area contributed by atoms with Gasteiger partial charge in [-0.3, -0.25) is 9.29 Å². The van der Waals surface area contributed by atoms with Crippen molar-refractivity contribution in [2.45, 2.75) is 50.7 Å². The molecule has 0 aliphatic carbocycles. The first kappa shape index (κ1) is 24.1. The fourth-order valence-corrected chi connectivity index (χ4v) is 5.06. The summed E-state index contributed by atoms with van der Waals surface area (Å²) >= 11 is 0. The minimum Gasteiger partial charge on any atom is -0.381 e. The lowest BCUT2D eigenvalue weighted by atomic mass is 10.0. The quantitative estimate of drug-likeness (QED) is 0.537. The van der Waals surface area contributed by atoms with Crippen molar-refractivity contribution >= 4 is 16.0 Å². The molecule has 3 aromatic rings. The Morgan fingerprint density at radius 2 is 1.82 bits per heavy atom. The molecule has 0 radical (unpaired) electrons. The smallest absolute Gasteiger partial charge is 0.243 e. The number of anilines is 1. The van der Waals surface area contributed by atoms with Gasteiger partial charge in [0, 0.05) is 30.8 Å². The Bertz CT molecular complexity index is 1240. The number of aromatic nitrogens is 5. The number of hydrogen-bond acceptors (Lipinski definition) is 7. The van der Waals surface area contributed by atoms with E-state index in [1.807, 2.05) is 6.92 Å². The molecule has 0 bridgehead atoms. The highest BCUT2D eigenvalue weighted by Gasteiger charge is 2.33. The zero-order valence-corrected chi connectivity index (χ0v) is 19.9. The molecular formula is C22H26F2N6O3S. The third-order valence-electron chi connectivity index (χ3n) is 6.01. The molecule has 1 aliphatic heterocycles. The predicted molar refractivity (Wildman–Crippen MR) is 121 cm³/mol. The molecule has 1 aromatic carbocycles. The first-order chi connectivity index (χ1) is 16.2. The lowest BCUT2D eigenvalue weighted by molar-refractivity contribution is 0.0775. The summed E-state index contributed by atoms with van der Waals surface area (Å²) in [7, 11) is -4.07. The molecule has 0 amide bonds. The summed E-state index contributed by atoms with van der Waals surface area (Å²) in [6.45, 7) is 5.91. The summed E-state index contributed by atoms with van der Waals surface area (Å²) in [6.07, 6.45) is 4.63. The standard InChI is InChI=1S/C22H26F2N6O3S/c1-13-10-25-20(26-11-13)14(2)15(3)34(31,32)29-22-28-27-21(16-6-5-9-33-12-16)30(22)19-17(23)7-4-8-18(19)24/h4,7-8,10-11,14-16H,5-6,9,12H2,1-3H3,(H,28,29)/t14?,15?,16-/m0/s1. The second kappa shape index (κ2) is 9.71. The van der Waals surface area contributed by atoms with Crippen LogP contribution in [0, 0.1) is 18.6 Å². The zero-order valence-electron chi connectivity index (χ0n) is 19.1. The van der Waals surface area contributed by atoms with Crippen LogP contribution in [0.1, 0.15) is 55.7 Å². The van der Waals surface area contributed by atoms with Crippen LogP contribution < -0.4 is 4.72 Å². The van der Waals surface area contributed by atoms with Crippen LogP contribution in [0.15, 0.2) is 30.6 Å². The van der Waals surface area contributed by atoms with Crippen LogP contribution in [-0.4, -0.2) is 51.6 Å². The maximum Gasteiger partial charge on any atom is 0.243 e. The van der Waals surface area contributed by atoms with Gasteiger partial charge in [-0.1, -0.05) is 13.0 Å². The Kier molecular flexibility index (Phi) is 6.89. The van der Waals surface area contributed by atoms with Crippen LogP contribution in [0.4, 0.5) is 14.7 Å². The van der Waals surface area contributed by atoms with E-state index < -0.39 is 38.5 Å². The minimum absolute atomic E-state index is 0.226. The van der Waals surface area contributed by atoms with Crippen molar-refractivity contribution in [3.8, 4) is 5.69 Å². The summed E-state index contributed by atoms with van der Waals surface area (Å²) in [5.74, 6) is -2.30. The van der Waals surface area contributed by atoms with Crippen LogP contribution in [0.25, 0.3) is 5.69 Å². The molecule has 182 valence electrons. The summed E-state index contributed by atoms with van der Waals surface area (Å²) in [5.41, 5.74) is 0.400. The number of nitrogens with one attached hydrogen (secondary N) is 1. The van der Waals surface area contributed by atoms with Crippen LogP contribution in [0.2, 0.25) is 0 Å². The molecule has 1 saturated heterocycles. The van der Waals surface area contributed by atoms with Crippen molar-refractivity contribution in [2.24, 2.45) is 0 Å². The summed E-state index contributed by atoms with van der Waals surface area (Å²) in [5, 5.41) is 7.09. The van der Waals surface area contributed by atoms with E-state index in [0.717, 1.165) is 28.7 Å². The van der Waals surface area contributed by atoms with Crippen molar-refractivity contribution in [3.05, 3.63) is 59.4 Å². The van der Waals surface area contributed by atoms with Crippen LogP contribution in [0.5, 0.6) is 0 Å². The summed E-state index contributed by atoms with van der Waals surface area (Å²) < 4.78 is 65.1. The van der Waals surface area contributed by atoms with Crippen molar-refractivity contribution in [3.63, 3.8) is 0 Å². The lowest BCUT2D eigenvalue weighted by Crippen LogP contribution is -2.32. The molecular weight excluding hydrogens is 466 g/mol. The van der Waals surface area contributed by atoms with E-state index in [1.54, 1.807) is 19.3 Å². The Morgan fingerprint density at radius 1 is 1.15 bits per heavy atom. The predicted octanol–water partition coefficient (Wildman–Crippen LogP) is 3.47. The van der Waals surface area contributed by atoms with Gasteiger partial charge in [-0.05, 0) is 44.4 Å². The fraction of sp³-hybridized carbons (Fsp3) is 0.455. The number of ether oxygens (including phenoxy) is 1. The van der Waals surface area contributed by atoms with E-state index in [9.17, 15) is 17.2 Å². The van der Waals surface area contributed by atoms with Crippen molar-refractivity contribution in [2.75, 3.05) is 17.9 Å². The molecule has 0 saturated carbocycles. The molecule has 2 aromatic heterocycles. The van der Waals surface area contributed by atoms with Crippen LogP contribution in [0.3, 0.4) is 0 Å². The maximum absolute atomic E-state index is 14.8. The van der Waals surface area contributed by atoms with Gasteiger partial charge in [-0.2, -0.15) is 0 Å². The normalized spacial score (nSPS) is 18.4. The Labute approximate surface area is 196 Å². The molecule has 3 heterocycles. The van der Waals surface area contributed by atoms with E-state index in [4.69, 9.17) is 4.74 Å². The van der Waals surface area contributed by atoms with Gasteiger partial charge in [0.15, 0.2) is 0 Å². The van der Waals surface area contributed by atoms with Gasteiger partial charge in [-0.15, -0.1) is 10.2 Å². The highest BCUT2D eigenvalue weighted by Crippen LogP contribution is 2.32. The number of benzene rings is 1. The van der Waals surface area contributed by atoms with Gasteiger partial charge in [0.2, 0.25) is 16.0 Å². The van der Waals surface area contributed by atoms with Gasteiger partial charge in [0.05, 0.1) is 11.9 Å². The van der Waals surface area contributed by atoms with E-state index >= 15 is 0 Å². The molecule has 4 rings (SSSR count). The second-order valence-corrected chi connectivity index (χ2v) is 10.5. The summed E-state index contributed by atoms with van der Waals surface area (Å²) in [4.78, 5) is 8.45. The van der Waals surface area contributed by atoms with Gasteiger partial charge in [0.25, 0.3) is 0 Å². The number of nitrogens with zero attached hydrogens (tertiary/aromatic N) is 5. The van der Waals surface area contributed by atoms with Gasteiger partial charge >= 0.3 is 0 Å². The van der Waals surface area contributed by atoms with Crippen molar-refractivity contribution in [1.82, 2.24) is 24.7 Å². The zero-order chi connectivity index (χ0) is 24.5. The molecule has 3 atom stereocenters. The highest BCUT2D eigenvalue weighted by molar-refractivity contribution is 7.93. The van der Waals surface area contributed by atoms with Crippen molar-refractivity contribution < 1.29 is 21.9 Å². The number of sulfonamides is 1. The molecule has 1 aliphatic rings. The minimum atomic E-state index is -4.07. The maximum atomic E-state index is 14.8. The van der Waals surface area contributed by atoms with E-state index in [0.29, 0.717) is 25.5 Å². The number of hydrogen-bond donors (Lipinski definition) is 1. The number of para-hydroxylation sites is 1. The molecule has 2 unspecified atom stereocenters. The average molecular weight is 493 g/mol. The first-order valence-electron chi connectivity index (χ1n) is 11.0. The largest absolute Gasteiger partial charge is 0.381 e. The number of aryl methyl sites for hydroxylation is 1. The second-order valence-electron chi connectivity index (χ2n) is 8.46. The van der Waals surface area contributed by atoms with Crippen molar-refractivity contribution in [1.29, 1.82) is 0 Å². The first-order valence-corrected chi connectivity index (χ1v) is 12.5. The SMILES string of the molecule is Cc1cnc(C(C)C(C)S(=O)(=O)Nc2nnc([C@H]3CCCOC3)n2-c2c(F)cccc2F)nc1. The van der Waals surface area contributed by atoms with Crippen LogP contribution >= 0.6 is 0 Å². The third-order valence-corrected chi connectivity index (χ3v) is 7.86. The van der Waals surface area contributed by atoms with Gasteiger partial charge < -0.3 is 4.74 Å². The number of rotatable bonds is 7. The Balaban J connectivity index is 1.72. The average Bonchev–Trinajstić information content (AvgIpc) is 3.21. The molecule has 34 heavy (non-hydrogen) atoms. The molecule has 12 heteroatoms. The number of halogens is 2. The fourth-order valence-electron chi connectivity index (χ4n) is 3.83. The molecule has 1 fully saturated rings. The van der Waals surface area contributed by atoms with E-state index in [-0.39, 0.29) is 17.7 Å². The Morgan fingerprint density at radius 3 is 2.44 bits per heavy atom. The third kappa shape index (κ3) is 4.78. The van der Waals surface area contributed by atoms with E-state index in [2.05, 4.69) is 24.9 Å².